The first kappa shape index (κ1) is 15.5. The molecule has 0 saturated carbocycles. The largest absolute Gasteiger partial charge is 0.333 e. The van der Waals surface area contributed by atoms with E-state index in [1.165, 1.54) is 30.6 Å². The van der Waals surface area contributed by atoms with Crippen LogP contribution in [-0.2, 0) is 22.4 Å². The minimum Gasteiger partial charge on any atom is -0.333 e. The first-order valence-electron chi connectivity index (χ1n) is 8.28. The molecule has 1 fully saturated rings. The third-order valence-corrected chi connectivity index (χ3v) is 5.42. The maximum Gasteiger partial charge on any atom is 0.245 e. The van der Waals surface area contributed by atoms with E-state index in [0.29, 0.717) is 18.1 Å². The molecule has 1 aromatic rings. The summed E-state index contributed by atoms with van der Waals surface area (Å²) >= 11 is 1.60. The molecule has 5 nitrogen and oxygen atoms in total. The fourth-order valence-electron chi connectivity index (χ4n) is 3.12. The van der Waals surface area contributed by atoms with Crippen molar-refractivity contribution in [2.24, 2.45) is 0 Å². The predicted octanol–water partition coefficient (Wildman–Crippen LogP) is 2.75. The summed E-state index contributed by atoms with van der Waals surface area (Å²) < 4.78 is 0. The van der Waals surface area contributed by atoms with Gasteiger partial charge in [-0.3, -0.25) is 9.59 Å². The summed E-state index contributed by atoms with van der Waals surface area (Å²) in [4.78, 5) is 31.5. The van der Waals surface area contributed by atoms with Crippen LogP contribution in [0.4, 0.5) is 5.13 Å². The van der Waals surface area contributed by atoms with E-state index in [1.807, 2.05) is 0 Å². The van der Waals surface area contributed by atoms with E-state index < -0.39 is 0 Å². The summed E-state index contributed by atoms with van der Waals surface area (Å²) in [6.07, 6.45) is 9.56. The molecule has 0 unspecified atom stereocenters. The minimum absolute atomic E-state index is 0.0906. The van der Waals surface area contributed by atoms with Gasteiger partial charge in [0.2, 0.25) is 11.8 Å². The van der Waals surface area contributed by atoms with Gasteiger partial charge >= 0.3 is 0 Å². The van der Waals surface area contributed by atoms with Crippen molar-refractivity contribution in [1.29, 1.82) is 0 Å². The summed E-state index contributed by atoms with van der Waals surface area (Å²) in [6, 6.07) is 0. The number of fused-ring (bicyclic) bond motifs is 1. The number of anilines is 1. The highest BCUT2D eigenvalue weighted by molar-refractivity contribution is 7.15. The van der Waals surface area contributed by atoms with E-state index in [1.54, 1.807) is 16.2 Å². The molecule has 0 spiro atoms. The van der Waals surface area contributed by atoms with E-state index >= 15 is 0 Å². The zero-order chi connectivity index (χ0) is 15.4. The van der Waals surface area contributed by atoms with Gasteiger partial charge in [-0.05, 0) is 38.5 Å². The zero-order valence-electron chi connectivity index (χ0n) is 12.9. The molecule has 1 aliphatic carbocycles. The highest BCUT2D eigenvalue weighted by atomic mass is 32.1. The first-order chi connectivity index (χ1) is 10.7. The molecule has 1 aliphatic heterocycles. The van der Waals surface area contributed by atoms with Crippen molar-refractivity contribution >= 4 is 28.3 Å². The second-order valence-corrected chi connectivity index (χ2v) is 7.21. The van der Waals surface area contributed by atoms with E-state index in [2.05, 4.69) is 10.3 Å². The van der Waals surface area contributed by atoms with Gasteiger partial charge in [0.1, 0.15) is 0 Å². The van der Waals surface area contributed by atoms with E-state index in [9.17, 15) is 9.59 Å². The van der Waals surface area contributed by atoms with Crippen LogP contribution in [0.1, 0.15) is 55.5 Å². The maximum absolute atomic E-state index is 12.1. The van der Waals surface area contributed by atoms with Crippen LogP contribution in [0.3, 0.4) is 0 Å². The molecule has 1 saturated heterocycles. The monoisotopic (exact) mass is 321 g/mol. The number of nitrogens with zero attached hydrogens (tertiary/aromatic N) is 2. The molecule has 0 atom stereocenters. The van der Waals surface area contributed by atoms with Gasteiger partial charge in [0, 0.05) is 17.8 Å². The van der Waals surface area contributed by atoms with Crippen molar-refractivity contribution in [1.82, 2.24) is 9.88 Å². The second kappa shape index (κ2) is 7.22. The van der Waals surface area contributed by atoms with Crippen molar-refractivity contribution in [2.45, 2.75) is 57.8 Å². The van der Waals surface area contributed by atoms with Crippen LogP contribution in [0.2, 0.25) is 0 Å². The third kappa shape index (κ3) is 3.85. The number of carbonyl (C=O) groups excluding carboxylic acids is 2. The lowest BCUT2D eigenvalue weighted by Gasteiger charge is -2.25. The summed E-state index contributed by atoms with van der Waals surface area (Å²) in [6.45, 7) is 0.851. The third-order valence-electron chi connectivity index (χ3n) is 4.35. The molecule has 1 aromatic heterocycles. The Morgan fingerprint density at radius 2 is 1.86 bits per heavy atom. The van der Waals surface area contributed by atoms with Crippen LogP contribution in [-0.4, -0.2) is 34.8 Å². The number of nitrogens with one attached hydrogen (secondary N) is 1. The van der Waals surface area contributed by atoms with Crippen molar-refractivity contribution < 1.29 is 9.59 Å². The predicted molar refractivity (Wildman–Crippen MR) is 87.1 cm³/mol. The molecular weight excluding hydrogens is 298 g/mol. The fourth-order valence-corrected chi connectivity index (χ4v) is 4.19. The molecule has 2 heterocycles. The Hall–Kier alpha value is -1.43. The molecule has 0 bridgehead atoms. The lowest BCUT2D eigenvalue weighted by molar-refractivity contribution is -0.136. The van der Waals surface area contributed by atoms with Gasteiger partial charge in [-0.25, -0.2) is 4.98 Å². The van der Waals surface area contributed by atoms with Gasteiger partial charge in [-0.15, -0.1) is 11.3 Å². The number of aryl methyl sites for hydroxylation is 2. The number of likely N-dealkylation sites (tertiary alicyclic amines) is 1. The average Bonchev–Trinajstić information content (AvgIpc) is 2.82. The zero-order valence-corrected chi connectivity index (χ0v) is 13.7. The van der Waals surface area contributed by atoms with Crippen LogP contribution in [0, 0.1) is 0 Å². The Morgan fingerprint density at radius 1 is 1.09 bits per heavy atom. The standard InChI is InChI=1S/C16H23N3O2S/c20-14(11-19-10-6-5-9-15(19)21)18-16-17-12-7-3-1-2-4-8-13(12)22-16/h1-11H2,(H,17,18,20). The van der Waals surface area contributed by atoms with Crippen molar-refractivity contribution in [3.05, 3.63) is 10.6 Å². The quantitative estimate of drug-likeness (QED) is 0.931. The van der Waals surface area contributed by atoms with Gasteiger partial charge in [0.25, 0.3) is 0 Å². The Balaban J connectivity index is 1.59. The Bertz CT molecular complexity index is 530. The first-order valence-corrected chi connectivity index (χ1v) is 9.10. The molecule has 6 heteroatoms. The van der Waals surface area contributed by atoms with Gasteiger partial charge in [-0.2, -0.15) is 0 Å². The molecule has 2 aliphatic rings. The Morgan fingerprint density at radius 3 is 2.68 bits per heavy atom. The topological polar surface area (TPSA) is 62.3 Å². The molecule has 0 radical (unpaired) electrons. The lowest BCUT2D eigenvalue weighted by atomic mass is 10.0. The highest BCUT2D eigenvalue weighted by Crippen LogP contribution is 2.28. The van der Waals surface area contributed by atoms with Crippen LogP contribution < -0.4 is 5.32 Å². The number of hydrogen-bond acceptors (Lipinski definition) is 4. The van der Waals surface area contributed by atoms with Gasteiger partial charge in [0.05, 0.1) is 12.2 Å². The molecular formula is C16H23N3O2S. The smallest absolute Gasteiger partial charge is 0.245 e. The van der Waals surface area contributed by atoms with Crippen LogP contribution in [0.25, 0.3) is 0 Å². The lowest BCUT2D eigenvalue weighted by Crippen LogP contribution is -2.40. The van der Waals surface area contributed by atoms with Crippen molar-refractivity contribution in [2.75, 3.05) is 18.4 Å². The SMILES string of the molecule is O=C(CN1CCCCC1=O)Nc1nc2c(s1)CCCCCC2. The minimum atomic E-state index is -0.128. The average molecular weight is 321 g/mol. The molecule has 3 rings (SSSR count). The molecule has 22 heavy (non-hydrogen) atoms. The Labute approximate surface area is 135 Å². The van der Waals surface area contributed by atoms with Crippen molar-refractivity contribution in [3.63, 3.8) is 0 Å². The van der Waals surface area contributed by atoms with Gasteiger partial charge in [0.15, 0.2) is 5.13 Å². The van der Waals surface area contributed by atoms with Crippen LogP contribution >= 0.6 is 11.3 Å². The molecule has 1 N–H and O–H groups in total. The maximum atomic E-state index is 12.1. The fraction of sp³-hybridized carbons (Fsp3) is 0.688. The van der Waals surface area contributed by atoms with E-state index in [0.717, 1.165) is 31.4 Å². The summed E-state index contributed by atoms with van der Waals surface area (Å²) in [5, 5.41) is 3.58. The van der Waals surface area contributed by atoms with E-state index in [4.69, 9.17) is 0 Å². The number of amides is 2. The summed E-state index contributed by atoms with van der Waals surface area (Å²) in [5.41, 5.74) is 1.16. The second-order valence-electron chi connectivity index (χ2n) is 6.12. The van der Waals surface area contributed by atoms with Crippen molar-refractivity contribution in [3.8, 4) is 0 Å². The van der Waals surface area contributed by atoms with Gasteiger partial charge < -0.3 is 10.2 Å². The summed E-state index contributed by atoms with van der Waals surface area (Å²) in [7, 11) is 0. The number of aromatic nitrogens is 1. The van der Waals surface area contributed by atoms with Crippen LogP contribution in [0.5, 0.6) is 0 Å². The highest BCUT2D eigenvalue weighted by Gasteiger charge is 2.21. The van der Waals surface area contributed by atoms with E-state index in [-0.39, 0.29) is 18.4 Å². The molecule has 120 valence electrons. The normalized spacial score (nSPS) is 19.3. The molecule has 2 amide bonds. The number of hydrogen-bond donors (Lipinski definition) is 1. The number of thiazole rings is 1. The number of rotatable bonds is 3. The number of piperidine rings is 1. The molecule has 0 aromatic carbocycles. The number of carbonyl (C=O) groups is 2. The summed E-state index contributed by atoms with van der Waals surface area (Å²) in [5.74, 6) is -0.0372. The van der Waals surface area contributed by atoms with Crippen LogP contribution in [0.15, 0.2) is 0 Å². The Kier molecular flexibility index (Phi) is 5.08. The van der Waals surface area contributed by atoms with Gasteiger partial charge in [-0.1, -0.05) is 12.8 Å².